The predicted octanol–water partition coefficient (Wildman–Crippen LogP) is 2.70. The quantitative estimate of drug-likeness (QED) is 0.770. The summed E-state index contributed by atoms with van der Waals surface area (Å²) >= 11 is 0. The maximum absolute atomic E-state index is 7.43. The number of rotatable bonds is 5. The Kier molecular flexibility index (Phi) is 8.09. The summed E-state index contributed by atoms with van der Waals surface area (Å²) < 4.78 is 5.13. The summed E-state index contributed by atoms with van der Waals surface area (Å²) in [7, 11) is 0. The molecule has 0 aliphatic rings. The number of nitrogens with zero attached hydrogens (tertiary/aromatic N) is 1. The van der Waals surface area contributed by atoms with Gasteiger partial charge in [0.15, 0.2) is 0 Å². The third-order valence-electron chi connectivity index (χ3n) is 2.19. The van der Waals surface area contributed by atoms with Crippen LogP contribution in [0, 0.1) is 50.0 Å². The number of aromatic nitrogens is 1. The molecule has 1 aromatic heterocycles. The van der Waals surface area contributed by atoms with Crippen LogP contribution in [0.1, 0.15) is 44.7 Å². The van der Waals surface area contributed by atoms with Gasteiger partial charge in [-0.1, -0.05) is 25.9 Å². The number of nitrogens with one attached hydrogen (secondary N) is 1. The van der Waals surface area contributed by atoms with E-state index in [9.17, 15) is 0 Å². The minimum atomic E-state index is -0.160. The van der Waals surface area contributed by atoms with Gasteiger partial charge in [-0.15, -0.1) is 6.04 Å². The molecule has 0 aliphatic heterocycles. The van der Waals surface area contributed by atoms with Gasteiger partial charge in [-0.3, -0.25) is 0 Å². The van der Waals surface area contributed by atoms with Crippen LogP contribution in [0.15, 0.2) is 10.6 Å². The summed E-state index contributed by atoms with van der Waals surface area (Å²) in [4.78, 5) is 0. The molecule has 5 heteroatoms. The average molecular weight is 437 g/mol. The fourth-order valence-corrected chi connectivity index (χ4v) is 1.53. The van der Waals surface area contributed by atoms with Crippen molar-refractivity contribution < 1.29 is 48.6 Å². The first-order valence-electron chi connectivity index (χ1n) is 5.41. The zero-order chi connectivity index (χ0) is 11.4. The molecule has 0 fully saturated rings. The Morgan fingerprint density at radius 3 is 2.56 bits per heavy atom. The van der Waals surface area contributed by atoms with Gasteiger partial charge in [0.25, 0.3) is 0 Å². The van der Waals surface area contributed by atoms with E-state index in [0.717, 1.165) is 17.9 Å². The van der Waals surface area contributed by atoms with Crippen LogP contribution in [0.5, 0.6) is 0 Å². The Morgan fingerprint density at radius 2 is 2.06 bits per heavy atom. The maximum Gasteiger partial charge on any atom is 0.135 e. The van der Waals surface area contributed by atoms with Gasteiger partial charge in [-0.2, -0.15) is 0 Å². The summed E-state index contributed by atoms with van der Waals surface area (Å²) in [5.41, 5.74) is 14.2. The van der Waals surface area contributed by atoms with Crippen molar-refractivity contribution in [1.29, 1.82) is 0 Å². The Morgan fingerprint density at radius 1 is 1.44 bits per heavy atom. The van der Waals surface area contributed by atoms with Gasteiger partial charge in [-0.25, -0.2) is 0 Å². The van der Waals surface area contributed by atoms with Gasteiger partial charge in [0.1, 0.15) is 11.5 Å². The van der Waals surface area contributed by atoms with Crippen molar-refractivity contribution >= 4 is 0 Å². The van der Waals surface area contributed by atoms with Crippen LogP contribution in [0.2, 0.25) is 0 Å². The Bertz CT molecular complexity index is 299. The molecule has 0 aromatic carbocycles. The molecule has 0 spiro atoms. The van der Waals surface area contributed by atoms with E-state index in [0.29, 0.717) is 12.3 Å². The van der Waals surface area contributed by atoms with E-state index in [4.69, 9.17) is 16.0 Å². The van der Waals surface area contributed by atoms with Crippen LogP contribution < -0.4 is 5.73 Å². The summed E-state index contributed by atoms with van der Waals surface area (Å²) in [5, 5.41) is 3.94. The van der Waals surface area contributed by atoms with E-state index in [1.165, 1.54) is 0 Å². The smallest absolute Gasteiger partial charge is 0.135 e. The molecule has 2 unspecified atom stereocenters. The molecule has 0 saturated carbocycles. The number of nitrogens with two attached hydrogens (primary N) is 1. The van der Waals surface area contributed by atoms with Gasteiger partial charge >= 0.3 is 0 Å². The molecule has 1 rings (SSSR count). The second kappa shape index (κ2) is 7.81. The van der Waals surface area contributed by atoms with E-state index >= 15 is 0 Å². The molecule has 0 amide bonds. The molecule has 3 N–H and O–H groups in total. The Hall–Kier alpha value is 0.572. The monoisotopic (exact) mass is 437 g/mol. The van der Waals surface area contributed by atoms with E-state index in [1.54, 1.807) is 0 Å². The van der Waals surface area contributed by atoms with Crippen molar-refractivity contribution in [2.24, 2.45) is 11.7 Å². The number of hydrogen-bond donors (Lipinski definition) is 1. The van der Waals surface area contributed by atoms with Crippen LogP contribution in [0.4, 0.5) is 0 Å². The summed E-state index contributed by atoms with van der Waals surface area (Å²) in [6.45, 7) is 6.09. The fourth-order valence-electron chi connectivity index (χ4n) is 1.53. The Labute approximate surface area is 133 Å². The van der Waals surface area contributed by atoms with E-state index in [1.807, 2.05) is 13.0 Å². The molecule has 0 aliphatic carbocycles. The van der Waals surface area contributed by atoms with Gasteiger partial charge in [0.2, 0.25) is 0 Å². The third-order valence-corrected chi connectivity index (χ3v) is 2.19. The van der Waals surface area contributed by atoms with Crippen molar-refractivity contribution in [2.75, 3.05) is 0 Å². The SMILES string of the molecule is CC(C)CC(N)c1cc(CC(C)[NH-])on1.[Ac]. The molecule has 1 radical (unpaired) electrons. The van der Waals surface area contributed by atoms with E-state index < -0.39 is 0 Å². The van der Waals surface area contributed by atoms with Crippen LogP contribution in [-0.2, 0) is 6.42 Å². The molecule has 89 valence electrons. The predicted molar refractivity (Wildman–Crippen MR) is 60.4 cm³/mol. The van der Waals surface area contributed by atoms with Gasteiger partial charge < -0.3 is 16.0 Å². The molecule has 1 heterocycles. The molecular formula is C11H20AcN3O-. The average Bonchev–Trinajstić information content (AvgIpc) is 2.50. The molecule has 1 aromatic rings. The second-order valence-electron chi connectivity index (χ2n) is 4.56. The molecule has 4 nitrogen and oxygen atoms in total. The first-order chi connectivity index (χ1) is 6.99. The van der Waals surface area contributed by atoms with Gasteiger partial charge in [0.05, 0.1) is 6.04 Å². The zero-order valence-electron chi connectivity index (χ0n) is 10.2. The first kappa shape index (κ1) is 16.6. The van der Waals surface area contributed by atoms with Gasteiger partial charge in [-0.05, 0) is 18.8 Å². The van der Waals surface area contributed by atoms with Crippen molar-refractivity contribution in [3.8, 4) is 0 Å². The summed E-state index contributed by atoms with van der Waals surface area (Å²) in [5.74, 6) is 1.31. The molecule has 0 saturated heterocycles. The molecular weight excluding hydrogens is 417 g/mol. The second-order valence-corrected chi connectivity index (χ2v) is 4.56. The van der Waals surface area contributed by atoms with Crippen molar-refractivity contribution in [2.45, 2.75) is 45.7 Å². The summed E-state index contributed by atoms with van der Waals surface area (Å²) in [6.07, 6.45) is 1.50. The van der Waals surface area contributed by atoms with E-state index in [2.05, 4.69) is 19.0 Å². The Balaban J connectivity index is 0.00000225. The largest absolute Gasteiger partial charge is 0.675 e. The topological polar surface area (TPSA) is 75.8 Å². The third kappa shape index (κ3) is 5.77. The van der Waals surface area contributed by atoms with Gasteiger partial charge in [0, 0.05) is 50.1 Å². The normalized spacial score (nSPS) is 14.6. The first-order valence-corrected chi connectivity index (χ1v) is 5.41. The maximum atomic E-state index is 7.43. The van der Waals surface area contributed by atoms with Crippen LogP contribution >= 0.6 is 0 Å². The fraction of sp³-hybridized carbons (Fsp3) is 0.727. The van der Waals surface area contributed by atoms with Crippen molar-refractivity contribution in [1.82, 2.24) is 5.16 Å². The van der Waals surface area contributed by atoms with Crippen LogP contribution in [0.25, 0.3) is 5.73 Å². The zero-order valence-corrected chi connectivity index (χ0v) is 15.0. The van der Waals surface area contributed by atoms with Crippen LogP contribution in [0.3, 0.4) is 0 Å². The summed E-state index contributed by atoms with van der Waals surface area (Å²) in [6, 6.07) is 1.66. The minimum Gasteiger partial charge on any atom is -0.675 e. The minimum absolute atomic E-state index is 0. The molecule has 2 atom stereocenters. The van der Waals surface area contributed by atoms with Crippen LogP contribution in [-0.4, -0.2) is 11.2 Å². The molecule has 16 heavy (non-hydrogen) atoms. The van der Waals surface area contributed by atoms with Crippen molar-refractivity contribution in [3.63, 3.8) is 0 Å². The standard InChI is InChI=1S/C11H20N3O.Ac/c1-7(2)4-10(13)11-6-9(15-14-11)5-8(3)12;/h6-8,10,12H,4-5,13H2,1-3H3;/q-1;. The number of hydrogen-bond acceptors (Lipinski definition) is 3. The molecule has 0 bridgehead atoms. The van der Waals surface area contributed by atoms with Crippen molar-refractivity contribution in [3.05, 3.63) is 23.3 Å². The van der Waals surface area contributed by atoms with E-state index in [-0.39, 0.29) is 56.1 Å².